The molecule has 132 valence electrons. The molecule has 0 aliphatic carbocycles. The van der Waals surface area contributed by atoms with Crippen molar-refractivity contribution in [2.75, 3.05) is 19.6 Å². The van der Waals surface area contributed by atoms with Crippen LogP contribution in [0.2, 0.25) is 0 Å². The summed E-state index contributed by atoms with van der Waals surface area (Å²) in [5, 5.41) is 5.60. The molecule has 0 atom stereocenters. The Labute approximate surface area is 151 Å². The lowest BCUT2D eigenvalue weighted by molar-refractivity contribution is -0.133. The lowest BCUT2D eigenvalue weighted by atomic mass is 10.1. The average Bonchev–Trinajstić information content (AvgIpc) is 3.15. The number of piperidine rings is 1. The van der Waals surface area contributed by atoms with Gasteiger partial charge in [-0.2, -0.15) is 0 Å². The Bertz CT molecular complexity index is 711. The Kier molecular flexibility index (Phi) is 6.11. The molecule has 3 heterocycles. The van der Waals surface area contributed by atoms with E-state index in [2.05, 4.69) is 15.3 Å². The predicted octanol–water partition coefficient (Wildman–Crippen LogP) is 2.27. The lowest BCUT2D eigenvalue weighted by Crippen LogP contribution is -2.42. The smallest absolute Gasteiger partial charge is 0.241 e. The van der Waals surface area contributed by atoms with E-state index >= 15 is 0 Å². The molecule has 0 radical (unpaired) electrons. The Hall–Kier alpha value is -2.28. The molecule has 1 saturated heterocycles. The van der Waals surface area contributed by atoms with Gasteiger partial charge in [0.1, 0.15) is 5.01 Å². The number of nitrogens with one attached hydrogen (secondary N) is 1. The molecule has 3 rings (SSSR count). The molecular weight excluding hydrogens is 336 g/mol. The number of hydrogen-bond donors (Lipinski definition) is 1. The first-order chi connectivity index (χ1) is 12.2. The van der Waals surface area contributed by atoms with E-state index < -0.39 is 0 Å². The number of pyridine rings is 1. The Morgan fingerprint density at radius 2 is 2.08 bits per heavy atom. The van der Waals surface area contributed by atoms with Gasteiger partial charge in [-0.1, -0.05) is 0 Å². The summed E-state index contributed by atoms with van der Waals surface area (Å²) in [5.74, 6) is -0.0955. The molecule has 0 spiro atoms. The van der Waals surface area contributed by atoms with Gasteiger partial charge in [0.25, 0.3) is 0 Å². The van der Waals surface area contributed by atoms with Crippen molar-refractivity contribution in [1.29, 1.82) is 0 Å². The molecule has 0 bridgehead atoms. The van der Waals surface area contributed by atoms with Gasteiger partial charge in [-0.3, -0.25) is 14.6 Å². The molecule has 0 aromatic carbocycles. The number of hydrogen-bond acceptors (Lipinski definition) is 5. The first-order valence-electron chi connectivity index (χ1n) is 8.61. The van der Waals surface area contributed by atoms with Crippen LogP contribution in [0, 0.1) is 0 Å². The van der Waals surface area contributed by atoms with Crippen molar-refractivity contribution in [3.8, 4) is 10.6 Å². The maximum Gasteiger partial charge on any atom is 0.241 e. The average molecular weight is 358 g/mol. The lowest BCUT2D eigenvalue weighted by Gasteiger charge is -2.26. The number of aromatic nitrogens is 2. The highest BCUT2D eigenvalue weighted by atomic mass is 32.1. The molecule has 2 amide bonds. The zero-order valence-electron chi connectivity index (χ0n) is 14.1. The molecule has 1 N–H and O–H groups in total. The number of likely N-dealkylation sites (tertiary alicyclic amines) is 1. The predicted molar refractivity (Wildman–Crippen MR) is 97.1 cm³/mol. The van der Waals surface area contributed by atoms with Gasteiger partial charge < -0.3 is 10.2 Å². The third-order valence-electron chi connectivity index (χ3n) is 4.21. The highest BCUT2D eigenvalue weighted by Crippen LogP contribution is 2.23. The summed E-state index contributed by atoms with van der Waals surface area (Å²) in [6.07, 6.45) is 7.72. The van der Waals surface area contributed by atoms with E-state index in [4.69, 9.17) is 0 Å². The largest absolute Gasteiger partial charge is 0.347 e. The van der Waals surface area contributed by atoms with Crippen LogP contribution < -0.4 is 5.32 Å². The zero-order valence-corrected chi connectivity index (χ0v) is 14.9. The van der Waals surface area contributed by atoms with Crippen LogP contribution in [-0.2, 0) is 16.0 Å². The van der Waals surface area contributed by atoms with Crippen molar-refractivity contribution < 1.29 is 9.59 Å². The number of amides is 2. The number of rotatable bonds is 6. The fourth-order valence-electron chi connectivity index (χ4n) is 2.80. The van der Waals surface area contributed by atoms with Crippen LogP contribution in [0.25, 0.3) is 10.6 Å². The van der Waals surface area contributed by atoms with E-state index in [1.807, 2.05) is 22.4 Å². The second-order valence-corrected chi connectivity index (χ2v) is 6.96. The SMILES string of the molecule is O=C(CCc1csc(-c2cccnc2)n1)NCC(=O)N1CCCCC1. The van der Waals surface area contributed by atoms with Crippen molar-refractivity contribution in [2.45, 2.75) is 32.1 Å². The molecule has 6 nitrogen and oxygen atoms in total. The first kappa shape index (κ1) is 17.5. The van der Waals surface area contributed by atoms with Crippen LogP contribution >= 0.6 is 11.3 Å². The molecule has 1 aliphatic heterocycles. The quantitative estimate of drug-likeness (QED) is 0.859. The van der Waals surface area contributed by atoms with Crippen molar-refractivity contribution in [2.24, 2.45) is 0 Å². The highest BCUT2D eigenvalue weighted by molar-refractivity contribution is 7.13. The number of carbonyl (C=O) groups is 2. The van der Waals surface area contributed by atoms with Gasteiger partial charge in [-0.05, 0) is 37.8 Å². The van der Waals surface area contributed by atoms with Crippen molar-refractivity contribution in [1.82, 2.24) is 20.2 Å². The van der Waals surface area contributed by atoms with Gasteiger partial charge in [0.05, 0.1) is 12.2 Å². The number of carbonyl (C=O) groups excluding carboxylic acids is 2. The maximum absolute atomic E-state index is 12.0. The molecule has 0 saturated carbocycles. The standard InChI is InChI=1S/C18H22N4O2S/c23-16(20-12-17(24)22-9-2-1-3-10-22)7-6-15-13-25-18(21-15)14-5-4-8-19-11-14/h4-5,8,11,13H,1-3,6-7,9-10,12H2,(H,20,23). The monoisotopic (exact) mass is 358 g/mol. The number of nitrogens with zero attached hydrogens (tertiary/aromatic N) is 3. The summed E-state index contributed by atoms with van der Waals surface area (Å²) >= 11 is 1.55. The molecular formula is C18H22N4O2S. The molecule has 2 aromatic rings. The highest BCUT2D eigenvalue weighted by Gasteiger charge is 2.17. The number of aryl methyl sites for hydroxylation is 1. The van der Waals surface area contributed by atoms with Gasteiger partial charge in [-0.15, -0.1) is 11.3 Å². The van der Waals surface area contributed by atoms with Gasteiger partial charge >= 0.3 is 0 Å². The summed E-state index contributed by atoms with van der Waals surface area (Å²) in [7, 11) is 0. The minimum atomic E-state index is -0.110. The summed E-state index contributed by atoms with van der Waals surface area (Å²) in [6, 6.07) is 3.84. The second kappa shape index (κ2) is 8.71. The van der Waals surface area contributed by atoms with Crippen LogP contribution in [0.5, 0.6) is 0 Å². The summed E-state index contributed by atoms with van der Waals surface area (Å²) in [5.41, 5.74) is 1.87. The van der Waals surface area contributed by atoms with Gasteiger partial charge in [-0.25, -0.2) is 4.98 Å². The molecule has 0 unspecified atom stereocenters. The fraction of sp³-hybridized carbons (Fsp3) is 0.444. The Morgan fingerprint density at radius 1 is 1.24 bits per heavy atom. The minimum absolute atomic E-state index is 0.0144. The van der Waals surface area contributed by atoms with E-state index in [1.54, 1.807) is 23.7 Å². The zero-order chi connectivity index (χ0) is 17.5. The van der Waals surface area contributed by atoms with Crippen molar-refractivity contribution in [3.63, 3.8) is 0 Å². The molecule has 2 aromatic heterocycles. The van der Waals surface area contributed by atoms with E-state index in [1.165, 1.54) is 6.42 Å². The Morgan fingerprint density at radius 3 is 2.84 bits per heavy atom. The van der Waals surface area contributed by atoms with Gasteiger partial charge in [0.15, 0.2) is 0 Å². The summed E-state index contributed by atoms with van der Waals surface area (Å²) < 4.78 is 0. The third-order valence-corrected chi connectivity index (χ3v) is 5.15. The van der Waals surface area contributed by atoms with Crippen LogP contribution in [0.1, 0.15) is 31.4 Å². The van der Waals surface area contributed by atoms with Gasteiger partial charge in [0.2, 0.25) is 11.8 Å². The topological polar surface area (TPSA) is 75.2 Å². The summed E-state index contributed by atoms with van der Waals surface area (Å²) in [6.45, 7) is 1.71. The van der Waals surface area contributed by atoms with E-state index in [9.17, 15) is 9.59 Å². The van der Waals surface area contributed by atoms with Gasteiger partial charge in [0, 0.05) is 42.8 Å². The van der Waals surface area contributed by atoms with Crippen LogP contribution in [0.4, 0.5) is 0 Å². The van der Waals surface area contributed by atoms with E-state index in [-0.39, 0.29) is 18.4 Å². The van der Waals surface area contributed by atoms with Crippen molar-refractivity contribution >= 4 is 23.2 Å². The van der Waals surface area contributed by atoms with Crippen LogP contribution in [0.3, 0.4) is 0 Å². The molecule has 1 aliphatic rings. The fourth-order valence-corrected chi connectivity index (χ4v) is 3.65. The number of thiazole rings is 1. The normalized spacial score (nSPS) is 14.3. The molecule has 7 heteroatoms. The first-order valence-corrected chi connectivity index (χ1v) is 9.49. The maximum atomic E-state index is 12.0. The van der Waals surface area contributed by atoms with E-state index in [0.717, 1.165) is 42.2 Å². The third kappa shape index (κ3) is 5.09. The molecule has 25 heavy (non-hydrogen) atoms. The van der Waals surface area contributed by atoms with Crippen LogP contribution in [-0.4, -0.2) is 46.3 Å². The van der Waals surface area contributed by atoms with Crippen molar-refractivity contribution in [3.05, 3.63) is 35.6 Å². The minimum Gasteiger partial charge on any atom is -0.347 e. The van der Waals surface area contributed by atoms with E-state index in [0.29, 0.717) is 12.8 Å². The summed E-state index contributed by atoms with van der Waals surface area (Å²) in [4.78, 5) is 34.5. The Balaban J connectivity index is 1.42. The second-order valence-electron chi connectivity index (χ2n) is 6.10. The van der Waals surface area contributed by atoms with Crippen LogP contribution in [0.15, 0.2) is 29.9 Å². The molecule has 1 fully saturated rings.